The van der Waals surface area contributed by atoms with Crippen molar-refractivity contribution in [1.29, 1.82) is 0 Å². The molecule has 0 bridgehead atoms. The van der Waals surface area contributed by atoms with Crippen LogP contribution in [0.2, 0.25) is 10.0 Å². The van der Waals surface area contributed by atoms with Gasteiger partial charge in [-0.15, -0.1) is 0 Å². The lowest BCUT2D eigenvalue weighted by Gasteiger charge is -2.19. The average Bonchev–Trinajstić information content (AvgIpc) is 3.35. The lowest BCUT2D eigenvalue weighted by Crippen LogP contribution is -2.25. The van der Waals surface area contributed by atoms with Gasteiger partial charge in [0.15, 0.2) is 0 Å². The normalized spacial score (nSPS) is 11.4. The Morgan fingerprint density at radius 3 is 2.53 bits per heavy atom. The highest BCUT2D eigenvalue weighted by atomic mass is 35.5. The highest BCUT2D eigenvalue weighted by Gasteiger charge is 2.18. The van der Waals surface area contributed by atoms with E-state index in [2.05, 4.69) is 20.4 Å². The number of aromatic nitrogens is 3. The first-order valence-corrected chi connectivity index (χ1v) is 12.7. The molecule has 0 unspecified atom stereocenters. The van der Waals surface area contributed by atoms with Crippen LogP contribution in [0.4, 0.5) is 5.82 Å². The van der Waals surface area contributed by atoms with E-state index >= 15 is 0 Å². The quantitative estimate of drug-likeness (QED) is 0.219. The minimum Gasteiger partial charge on any atom is -0.460 e. The molecule has 8 nitrogen and oxygen atoms in total. The Morgan fingerprint density at radius 1 is 1.03 bits per heavy atom. The molecule has 0 fully saturated rings. The Hall–Kier alpha value is -3.46. The van der Waals surface area contributed by atoms with Gasteiger partial charge in [-0.2, -0.15) is 4.98 Å². The zero-order valence-electron chi connectivity index (χ0n) is 21.5. The van der Waals surface area contributed by atoms with Crippen LogP contribution in [-0.4, -0.2) is 40.3 Å². The summed E-state index contributed by atoms with van der Waals surface area (Å²) in [6.07, 6.45) is 1.78. The maximum Gasteiger partial charge on any atom is 0.308 e. The van der Waals surface area contributed by atoms with Gasteiger partial charge in [-0.1, -0.05) is 52.6 Å². The van der Waals surface area contributed by atoms with Crippen LogP contribution in [0, 0.1) is 0 Å². The summed E-state index contributed by atoms with van der Waals surface area (Å²) in [6.45, 7) is 6.20. The van der Waals surface area contributed by atoms with E-state index in [1.54, 1.807) is 19.4 Å². The molecular weight excluding hydrogens is 527 g/mol. The Balaban J connectivity index is 1.49. The third-order valence-electron chi connectivity index (χ3n) is 5.38. The van der Waals surface area contributed by atoms with E-state index in [4.69, 9.17) is 37.2 Å². The first-order chi connectivity index (χ1) is 18.1. The van der Waals surface area contributed by atoms with Crippen LogP contribution >= 0.6 is 23.2 Å². The van der Waals surface area contributed by atoms with Gasteiger partial charge in [0.05, 0.1) is 18.1 Å². The summed E-state index contributed by atoms with van der Waals surface area (Å²) in [5.41, 5.74) is 3.62. The van der Waals surface area contributed by atoms with E-state index < -0.39 is 5.60 Å². The predicted octanol–water partition coefficient (Wildman–Crippen LogP) is 7.06. The van der Waals surface area contributed by atoms with Crippen LogP contribution in [-0.2, 0) is 20.9 Å². The first-order valence-electron chi connectivity index (χ1n) is 12.0. The fourth-order valence-electron chi connectivity index (χ4n) is 3.77. The summed E-state index contributed by atoms with van der Waals surface area (Å²) in [7, 11) is 1.64. The molecule has 10 heteroatoms. The number of hydrogen-bond acceptors (Lipinski definition) is 8. The largest absolute Gasteiger partial charge is 0.460 e. The second kappa shape index (κ2) is 11.9. The highest BCUT2D eigenvalue weighted by molar-refractivity contribution is 6.33. The summed E-state index contributed by atoms with van der Waals surface area (Å²) in [6, 6.07) is 15.2. The molecule has 4 rings (SSSR count). The van der Waals surface area contributed by atoms with Crippen LogP contribution < -0.4 is 5.32 Å². The molecule has 2 aromatic carbocycles. The van der Waals surface area contributed by atoms with Crippen LogP contribution in [0.1, 0.15) is 32.8 Å². The minimum atomic E-state index is -0.527. The molecular formula is C28H28Cl2N4O4. The van der Waals surface area contributed by atoms with E-state index in [-0.39, 0.29) is 12.4 Å². The van der Waals surface area contributed by atoms with Crippen LogP contribution in [0.5, 0.6) is 0 Å². The van der Waals surface area contributed by atoms with Gasteiger partial charge in [0, 0.05) is 41.6 Å². The van der Waals surface area contributed by atoms with Gasteiger partial charge in [0.2, 0.25) is 5.82 Å². The van der Waals surface area contributed by atoms with Crippen molar-refractivity contribution in [3.8, 4) is 34.0 Å². The van der Waals surface area contributed by atoms with E-state index in [9.17, 15) is 4.79 Å². The number of nitrogens with zero attached hydrogens (tertiary/aromatic N) is 3. The predicted molar refractivity (Wildman–Crippen MR) is 148 cm³/mol. The molecule has 0 aliphatic rings. The maximum atomic E-state index is 11.9. The Morgan fingerprint density at radius 2 is 1.82 bits per heavy atom. The summed E-state index contributed by atoms with van der Waals surface area (Å²) < 4.78 is 16.3. The Labute approximate surface area is 231 Å². The fourth-order valence-corrected chi connectivity index (χ4v) is 4.24. The lowest BCUT2D eigenvalue weighted by atomic mass is 9.97. The van der Waals surface area contributed by atoms with Crippen molar-refractivity contribution in [2.75, 3.05) is 19.0 Å². The highest BCUT2D eigenvalue weighted by Crippen LogP contribution is 2.34. The third-order valence-corrected chi connectivity index (χ3v) is 6.00. The van der Waals surface area contributed by atoms with Gasteiger partial charge in [-0.3, -0.25) is 4.79 Å². The number of carbonyl (C=O) groups excluding carboxylic acids is 1. The molecule has 198 valence electrons. The molecule has 0 saturated heterocycles. The van der Waals surface area contributed by atoms with E-state index in [1.165, 1.54) is 0 Å². The number of anilines is 1. The van der Waals surface area contributed by atoms with Gasteiger partial charge in [-0.25, -0.2) is 4.98 Å². The Bertz CT molecular complexity index is 1430. The van der Waals surface area contributed by atoms with Gasteiger partial charge < -0.3 is 19.3 Å². The van der Waals surface area contributed by atoms with Crippen LogP contribution in [0.15, 0.2) is 59.3 Å². The van der Waals surface area contributed by atoms with Gasteiger partial charge >= 0.3 is 5.97 Å². The number of pyridine rings is 1. The zero-order chi connectivity index (χ0) is 27.3. The van der Waals surface area contributed by atoms with Crippen molar-refractivity contribution in [2.24, 2.45) is 0 Å². The molecule has 0 aliphatic carbocycles. The van der Waals surface area contributed by atoms with Crippen molar-refractivity contribution in [1.82, 2.24) is 15.1 Å². The molecule has 2 aromatic heterocycles. The van der Waals surface area contributed by atoms with Gasteiger partial charge in [0.1, 0.15) is 11.4 Å². The van der Waals surface area contributed by atoms with E-state index in [0.717, 1.165) is 22.3 Å². The second-order valence-corrected chi connectivity index (χ2v) is 10.3. The molecule has 0 amide bonds. The Kier molecular flexibility index (Phi) is 8.66. The molecule has 0 atom stereocenters. The monoisotopic (exact) mass is 554 g/mol. The van der Waals surface area contributed by atoms with Crippen LogP contribution in [0.25, 0.3) is 34.0 Å². The molecule has 0 aliphatic heterocycles. The smallest absolute Gasteiger partial charge is 0.308 e. The van der Waals surface area contributed by atoms with Crippen LogP contribution in [0.3, 0.4) is 0 Å². The summed E-state index contributed by atoms with van der Waals surface area (Å²) in [5.74, 6) is 0.838. The number of benzene rings is 2. The zero-order valence-corrected chi connectivity index (χ0v) is 23.1. The van der Waals surface area contributed by atoms with Crippen molar-refractivity contribution in [3.05, 3.63) is 70.3 Å². The summed E-state index contributed by atoms with van der Waals surface area (Å²) in [5, 5.41) is 8.18. The topological polar surface area (TPSA) is 99.4 Å². The van der Waals surface area contributed by atoms with Crippen molar-refractivity contribution in [3.63, 3.8) is 0 Å². The number of carbonyl (C=O) groups is 1. The van der Waals surface area contributed by atoms with E-state index in [0.29, 0.717) is 46.3 Å². The standard InChI is InChI=1S/C28H28Cl2N4O4/c1-28(2,3)37-24(35)11-12-31-26-23(30)14-18(15-32-26)25-33-27(38-34-25)17-9-10-20(19(13-17)16-36-4)21-7-5-6-8-22(21)29/h5-10,13-15H,11-12,16H2,1-4H3,(H,31,32). The SMILES string of the molecule is COCc1cc(-c2nc(-c3cnc(NCCC(=O)OC(C)(C)C)c(Cl)c3)no2)ccc1-c1ccccc1Cl. The summed E-state index contributed by atoms with van der Waals surface area (Å²) >= 11 is 12.8. The van der Waals surface area contributed by atoms with Crippen molar-refractivity contribution < 1.29 is 18.8 Å². The van der Waals surface area contributed by atoms with Gasteiger partial charge in [0.25, 0.3) is 5.89 Å². The number of rotatable bonds is 9. The molecule has 4 aromatic rings. The second-order valence-electron chi connectivity index (χ2n) is 9.53. The molecule has 0 spiro atoms. The lowest BCUT2D eigenvalue weighted by molar-refractivity contribution is -0.154. The molecule has 2 heterocycles. The molecule has 0 saturated carbocycles. The number of hydrogen-bond donors (Lipinski definition) is 1. The average molecular weight is 555 g/mol. The molecule has 38 heavy (non-hydrogen) atoms. The maximum absolute atomic E-state index is 11.9. The van der Waals surface area contributed by atoms with E-state index in [1.807, 2.05) is 63.2 Å². The molecule has 1 N–H and O–H groups in total. The number of methoxy groups -OCH3 is 1. The number of halogens is 2. The molecule has 0 radical (unpaired) electrons. The number of esters is 1. The van der Waals surface area contributed by atoms with Gasteiger partial charge in [-0.05, 0) is 56.2 Å². The third kappa shape index (κ3) is 6.89. The number of nitrogens with one attached hydrogen (secondary N) is 1. The van der Waals surface area contributed by atoms with Crippen molar-refractivity contribution in [2.45, 2.75) is 39.4 Å². The summed E-state index contributed by atoms with van der Waals surface area (Å²) in [4.78, 5) is 20.8. The fraction of sp³-hybridized carbons (Fsp3) is 0.286. The minimum absolute atomic E-state index is 0.186. The number of ether oxygens (including phenoxy) is 2. The first kappa shape index (κ1) is 27.6. The van der Waals surface area contributed by atoms with Crippen molar-refractivity contribution >= 4 is 35.0 Å².